The van der Waals surface area contributed by atoms with Crippen LogP contribution in [0.3, 0.4) is 0 Å². The molecule has 0 saturated heterocycles. The van der Waals surface area contributed by atoms with Gasteiger partial charge in [-0.1, -0.05) is 91.0 Å². The largest absolute Gasteiger partial charge is 0.493 e. The van der Waals surface area contributed by atoms with Crippen LogP contribution in [0.15, 0.2) is 115 Å². The Balaban J connectivity index is 0.000000229. The second kappa shape index (κ2) is 13.5. The molecule has 0 aromatic heterocycles. The van der Waals surface area contributed by atoms with Crippen molar-refractivity contribution < 1.29 is 18.9 Å². The van der Waals surface area contributed by atoms with Crippen molar-refractivity contribution in [2.45, 2.75) is 31.7 Å². The molecule has 0 spiro atoms. The first-order valence-electron chi connectivity index (χ1n) is 15.2. The first-order valence-corrected chi connectivity index (χ1v) is 15.2. The van der Waals surface area contributed by atoms with Gasteiger partial charge in [0.1, 0.15) is 0 Å². The van der Waals surface area contributed by atoms with Gasteiger partial charge in [-0.2, -0.15) is 0 Å². The number of hydrogen-bond acceptors (Lipinski definition) is 6. The highest BCUT2D eigenvalue weighted by atomic mass is 16.5. The lowest BCUT2D eigenvalue weighted by molar-refractivity contribution is 0.157. The predicted molar refractivity (Wildman–Crippen MR) is 178 cm³/mol. The molecule has 6 heteroatoms. The van der Waals surface area contributed by atoms with E-state index in [4.69, 9.17) is 18.9 Å². The van der Waals surface area contributed by atoms with Gasteiger partial charge in [-0.25, -0.2) is 0 Å². The molecule has 0 radical (unpaired) electrons. The van der Waals surface area contributed by atoms with E-state index in [1.807, 2.05) is 12.1 Å². The van der Waals surface area contributed by atoms with Gasteiger partial charge in [0.25, 0.3) is 0 Å². The predicted octanol–water partition coefficient (Wildman–Crippen LogP) is 7.32. The molecule has 2 heterocycles. The van der Waals surface area contributed by atoms with E-state index in [9.17, 15) is 0 Å². The molecule has 45 heavy (non-hydrogen) atoms. The Bertz CT molecular complexity index is 1560. The van der Waals surface area contributed by atoms with Gasteiger partial charge in [0.15, 0.2) is 23.0 Å². The monoisotopic (exact) mass is 600 g/mol. The Morgan fingerprint density at radius 2 is 0.778 bits per heavy atom. The molecule has 7 rings (SSSR count). The van der Waals surface area contributed by atoms with Gasteiger partial charge in [-0.3, -0.25) is 4.90 Å². The van der Waals surface area contributed by atoms with E-state index in [0.29, 0.717) is 0 Å². The maximum Gasteiger partial charge on any atom is 0.161 e. The van der Waals surface area contributed by atoms with Crippen LogP contribution in [-0.4, -0.2) is 33.3 Å². The van der Waals surface area contributed by atoms with Crippen LogP contribution in [0.5, 0.6) is 23.0 Å². The van der Waals surface area contributed by atoms with Crippen molar-refractivity contribution in [2.24, 2.45) is 0 Å². The molecule has 6 nitrogen and oxygen atoms in total. The first-order chi connectivity index (χ1) is 22.1. The number of ether oxygens (including phenoxy) is 4. The van der Waals surface area contributed by atoms with Crippen molar-refractivity contribution in [3.05, 3.63) is 154 Å². The fourth-order valence-electron chi connectivity index (χ4n) is 6.67. The zero-order valence-corrected chi connectivity index (χ0v) is 26.4. The average molecular weight is 601 g/mol. The summed E-state index contributed by atoms with van der Waals surface area (Å²) in [6, 6.07) is 40.8. The van der Waals surface area contributed by atoms with Crippen molar-refractivity contribution in [2.75, 3.05) is 28.4 Å². The maximum atomic E-state index is 5.59. The summed E-state index contributed by atoms with van der Waals surface area (Å²) in [4.78, 5) is 2.57. The Hall–Kier alpha value is -4.78. The maximum absolute atomic E-state index is 5.59. The second-order valence-electron chi connectivity index (χ2n) is 11.2. The minimum atomic E-state index is -0.427. The topological polar surface area (TPSA) is 52.2 Å². The molecule has 5 aromatic rings. The highest BCUT2D eigenvalue weighted by Gasteiger charge is 2.44. The third kappa shape index (κ3) is 5.75. The van der Waals surface area contributed by atoms with E-state index in [0.717, 1.165) is 49.2 Å². The van der Waals surface area contributed by atoms with Crippen molar-refractivity contribution in [3.63, 3.8) is 0 Å². The number of methoxy groups -OCH3 is 4. The van der Waals surface area contributed by atoms with Gasteiger partial charge in [0, 0.05) is 26.2 Å². The van der Waals surface area contributed by atoms with Crippen molar-refractivity contribution in [1.82, 2.24) is 10.2 Å². The fourth-order valence-corrected chi connectivity index (χ4v) is 6.67. The van der Waals surface area contributed by atoms with Crippen molar-refractivity contribution in [1.29, 1.82) is 0 Å². The number of hydrogen-bond donors (Lipinski definition) is 1. The molecule has 0 amide bonds. The van der Waals surface area contributed by atoms with Gasteiger partial charge in [-0.15, -0.1) is 0 Å². The third-order valence-electron chi connectivity index (χ3n) is 8.81. The lowest BCUT2D eigenvalue weighted by Gasteiger charge is -2.43. The molecule has 0 unspecified atom stereocenters. The van der Waals surface area contributed by atoms with Crippen LogP contribution >= 0.6 is 0 Å². The van der Waals surface area contributed by atoms with Crippen LogP contribution in [-0.2, 0) is 31.7 Å². The van der Waals surface area contributed by atoms with Crippen LogP contribution in [0.2, 0.25) is 0 Å². The molecule has 2 aliphatic rings. The summed E-state index contributed by atoms with van der Waals surface area (Å²) < 4.78 is 21.6. The van der Waals surface area contributed by atoms with E-state index in [-0.39, 0.29) is 0 Å². The van der Waals surface area contributed by atoms with Crippen molar-refractivity contribution in [3.8, 4) is 23.0 Å². The number of rotatable bonds is 8. The molecular formula is C39H40N2O4. The summed E-state index contributed by atoms with van der Waals surface area (Å²) in [5, 5.41) is 3.28. The molecule has 0 atom stereocenters. The average Bonchev–Trinajstić information content (AvgIpc) is 3.75. The summed E-state index contributed by atoms with van der Waals surface area (Å²) in [7, 11) is 6.71. The standard InChI is InChI=1S/C29H27NO2.C10H13NO2/c1-31-27-18-22-20-30(21-23(22)19-28(27)32-2)29(24-12-6-3-7-13-24,25-14-8-4-9-15-25)26-16-10-5-11-17-26;1-12-9-3-7-5-11-6-8(7)4-10(9)13-2/h3-19H,20-21H2,1-2H3;3-4,11H,5-6H2,1-2H3. The Morgan fingerprint density at radius 1 is 0.467 bits per heavy atom. The van der Waals surface area contributed by atoms with Gasteiger partial charge in [0.2, 0.25) is 0 Å². The summed E-state index contributed by atoms with van der Waals surface area (Å²) in [5.74, 6) is 3.17. The van der Waals surface area contributed by atoms with E-state index < -0.39 is 5.54 Å². The minimum absolute atomic E-state index is 0.427. The van der Waals surface area contributed by atoms with Crippen molar-refractivity contribution >= 4 is 0 Å². The van der Waals surface area contributed by atoms with Crippen LogP contribution < -0.4 is 24.3 Å². The molecule has 0 bridgehead atoms. The zero-order chi connectivity index (χ0) is 31.2. The Kier molecular flexibility index (Phi) is 9.06. The SMILES string of the molecule is COc1cc2c(cc1OC)CN(C(c1ccccc1)(c1ccccc1)c1ccccc1)C2.COc1cc2c(cc1OC)CNC2. The first kappa shape index (κ1) is 30.3. The molecule has 0 aliphatic carbocycles. The number of nitrogens with zero attached hydrogens (tertiary/aromatic N) is 1. The minimum Gasteiger partial charge on any atom is -0.493 e. The van der Waals surface area contributed by atoms with E-state index >= 15 is 0 Å². The third-order valence-corrected chi connectivity index (χ3v) is 8.81. The zero-order valence-electron chi connectivity index (χ0n) is 26.4. The molecule has 2 aliphatic heterocycles. The van der Waals surface area contributed by atoms with Crippen LogP contribution in [0.4, 0.5) is 0 Å². The quantitative estimate of drug-likeness (QED) is 0.189. The van der Waals surface area contributed by atoms with Gasteiger partial charge in [-0.05, 0) is 63.2 Å². The highest BCUT2D eigenvalue weighted by molar-refractivity contribution is 5.54. The summed E-state index contributed by atoms with van der Waals surface area (Å²) in [6.45, 7) is 3.48. The number of benzene rings is 5. The van der Waals surface area contributed by atoms with Crippen LogP contribution in [0, 0.1) is 0 Å². The lowest BCUT2D eigenvalue weighted by atomic mass is 9.75. The van der Waals surface area contributed by atoms with Gasteiger partial charge < -0.3 is 24.3 Å². The van der Waals surface area contributed by atoms with E-state index in [1.165, 1.54) is 38.9 Å². The van der Waals surface area contributed by atoms with Crippen LogP contribution in [0.1, 0.15) is 38.9 Å². The Labute approximate surface area is 266 Å². The van der Waals surface area contributed by atoms with Gasteiger partial charge >= 0.3 is 0 Å². The second-order valence-corrected chi connectivity index (χ2v) is 11.2. The molecule has 230 valence electrons. The highest BCUT2D eigenvalue weighted by Crippen LogP contribution is 2.47. The molecule has 0 saturated carbocycles. The van der Waals surface area contributed by atoms with E-state index in [2.05, 4.69) is 113 Å². The molecular weight excluding hydrogens is 560 g/mol. The fraction of sp³-hybridized carbons (Fsp3) is 0.231. The molecule has 5 aromatic carbocycles. The summed E-state index contributed by atoms with van der Waals surface area (Å²) in [5.41, 5.74) is 8.49. The van der Waals surface area contributed by atoms with Gasteiger partial charge in [0.05, 0.1) is 34.0 Å². The van der Waals surface area contributed by atoms with Crippen LogP contribution in [0.25, 0.3) is 0 Å². The summed E-state index contributed by atoms with van der Waals surface area (Å²) >= 11 is 0. The Morgan fingerprint density at radius 3 is 1.09 bits per heavy atom. The normalized spacial score (nSPS) is 13.7. The number of nitrogens with one attached hydrogen (secondary N) is 1. The smallest absolute Gasteiger partial charge is 0.161 e. The number of fused-ring (bicyclic) bond motifs is 2. The lowest BCUT2D eigenvalue weighted by Crippen LogP contribution is -2.45. The molecule has 0 fully saturated rings. The molecule has 1 N–H and O–H groups in total. The summed E-state index contributed by atoms with van der Waals surface area (Å²) in [6.07, 6.45) is 0. The van der Waals surface area contributed by atoms with E-state index in [1.54, 1.807) is 28.4 Å².